The summed E-state index contributed by atoms with van der Waals surface area (Å²) in [6, 6.07) is 15.4. The van der Waals surface area contributed by atoms with E-state index in [4.69, 9.17) is 0 Å². The van der Waals surface area contributed by atoms with Gasteiger partial charge in [-0.1, -0.05) is 43.3 Å². The Hall–Kier alpha value is -3.15. The number of fused-ring (bicyclic) bond motifs is 1. The maximum Gasteiger partial charge on any atom is 0.287 e. The molecule has 6 heteroatoms. The molecule has 0 fully saturated rings. The maximum atomic E-state index is 12.6. The number of carbonyl (C=O) groups excluding carboxylic acids is 2. The van der Waals surface area contributed by atoms with E-state index in [2.05, 4.69) is 15.6 Å². The molecule has 0 aliphatic heterocycles. The Bertz CT molecular complexity index is 934. The number of benzene rings is 1. The van der Waals surface area contributed by atoms with Crippen LogP contribution in [0.3, 0.4) is 0 Å². The third-order valence-electron chi connectivity index (χ3n) is 4.50. The number of nitrogens with one attached hydrogen (secondary N) is 2. The summed E-state index contributed by atoms with van der Waals surface area (Å²) in [5.74, 6) is -0.348. The Kier molecular flexibility index (Phi) is 5.86. The van der Waals surface area contributed by atoms with Crippen LogP contribution in [-0.4, -0.2) is 33.8 Å². The first kappa shape index (κ1) is 18.6. The van der Waals surface area contributed by atoms with Gasteiger partial charge >= 0.3 is 0 Å². The molecule has 3 aromatic rings. The molecule has 2 amide bonds. The Balaban J connectivity index is 1.77. The molecule has 27 heavy (non-hydrogen) atoms. The fourth-order valence-electron chi connectivity index (χ4n) is 2.80. The normalized spacial score (nSPS) is 11.9. The third kappa shape index (κ3) is 4.34. The Morgan fingerprint density at radius 1 is 1.07 bits per heavy atom. The summed E-state index contributed by atoms with van der Waals surface area (Å²) in [5, 5.41) is 5.80. The fourth-order valence-corrected chi connectivity index (χ4v) is 2.80. The SMILES string of the molecule is CCC(C)NC(=O)c1nc(C(=O)NCCc2ccccc2)n2ccccc12. The highest BCUT2D eigenvalue weighted by Gasteiger charge is 2.21. The summed E-state index contributed by atoms with van der Waals surface area (Å²) in [5.41, 5.74) is 2.04. The Morgan fingerprint density at radius 2 is 1.81 bits per heavy atom. The summed E-state index contributed by atoms with van der Waals surface area (Å²) in [4.78, 5) is 29.5. The van der Waals surface area contributed by atoms with Crippen molar-refractivity contribution in [1.29, 1.82) is 0 Å². The van der Waals surface area contributed by atoms with Gasteiger partial charge in [0.2, 0.25) is 5.82 Å². The van der Waals surface area contributed by atoms with Crippen LogP contribution >= 0.6 is 0 Å². The molecule has 2 heterocycles. The monoisotopic (exact) mass is 364 g/mol. The minimum Gasteiger partial charge on any atom is -0.349 e. The van der Waals surface area contributed by atoms with E-state index in [9.17, 15) is 9.59 Å². The molecule has 1 unspecified atom stereocenters. The van der Waals surface area contributed by atoms with Crippen molar-refractivity contribution in [2.75, 3.05) is 6.54 Å². The second kappa shape index (κ2) is 8.49. The van der Waals surface area contributed by atoms with Crippen molar-refractivity contribution >= 4 is 17.3 Å². The van der Waals surface area contributed by atoms with Gasteiger partial charge in [0.05, 0.1) is 5.52 Å². The van der Waals surface area contributed by atoms with Crippen molar-refractivity contribution in [3.8, 4) is 0 Å². The first-order chi connectivity index (χ1) is 13.1. The number of pyridine rings is 1. The van der Waals surface area contributed by atoms with Crippen molar-refractivity contribution in [2.24, 2.45) is 0 Å². The first-order valence-corrected chi connectivity index (χ1v) is 9.20. The lowest BCUT2D eigenvalue weighted by molar-refractivity contribution is 0.0936. The van der Waals surface area contributed by atoms with E-state index in [1.54, 1.807) is 16.7 Å². The molecular weight excluding hydrogens is 340 g/mol. The van der Waals surface area contributed by atoms with Gasteiger partial charge in [-0.05, 0) is 37.5 Å². The van der Waals surface area contributed by atoms with E-state index in [-0.39, 0.29) is 29.4 Å². The van der Waals surface area contributed by atoms with E-state index in [1.807, 2.05) is 56.3 Å². The summed E-state index contributed by atoms with van der Waals surface area (Å²) in [7, 11) is 0. The van der Waals surface area contributed by atoms with E-state index >= 15 is 0 Å². The van der Waals surface area contributed by atoms with Crippen LogP contribution in [0.4, 0.5) is 0 Å². The number of aromatic nitrogens is 2. The number of rotatable bonds is 7. The molecule has 3 rings (SSSR count). The molecule has 0 aliphatic rings. The molecule has 1 aromatic carbocycles. The molecule has 0 radical (unpaired) electrons. The zero-order valence-corrected chi connectivity index (χ0v) is 15.6. The predicted octanol–water partition coefficient (Wildman–Crippen LogP) is 2.84. The van der Waals surface area contributed by atoms with Crippen LogP contribution in [0.25, 0.3) is 5.52 Å². The van der Waals surface area contributed by atoms with Gasteiger partial charge in [0.25, 0.3) is 11.8 Å². The molecule has 1 atom stereocenters. The van der Waals surface area contributed by atoms with Crippen LogP contribution in [-0.2, 0) is 6.42 Å². The van der Waals surface area contributed by atoms with E-state index < -0.39 is 0 Å². The standard InChI is InChI=1S/C21H24N4O2/c1-3-15(2)23-20(26)18-17-11-7-8-14-25(17)19(24-18)21(27)22-13-12-16-9-5-4-6-10-16/h4-11,14-15H,3,12-13H2,1-2H3,(H,22,27)(H,23,26). The average molecular weight is 364 g/mol. The minimum atomic E-state index is -0.297. The van der Waals surface area contributed by atoms with Gasteiger partial charge in [-0.3, -0.25) is 14.0 Å². The molecule has 0 saturated carbocycles. The van der Waals surface area contributed by atoms with Crippen LogP contribution in [0.1, 0.15) is 46.9 Å². The summed E-state index contributed by atoms with van der Waals surface area (Å²) in [6.45, 7) is 4.44. The number of hydrogen-bond donors (Lipinski definition) is 2. The quantitative estimate of drug-likeness (QED) is 0.677. The molecule has 0 aliphatic carbocycles. The average Bonchev–Trinajstić information content (AvgIpc) is 3.08. The fraction of sp³-hybridized carbons (Fsp3) is 0.286. The summed E-state index contributed by atoms with van der Waals surface area (Å²) < 4.78 is 1.66. The van der Waals surface area contributed by atoms with Crippen molar-refractivity contribution < 1.29 is 9.59 Å². The highest BCUT2D eigenvalue weighted by atomic mass is 16.2. The van der Waals surface area contributed by atoms with Crippen LogP contribution < -0.4 is 10.6 Å². The second-order valence-corrected chi connectivity index (χ2v) is 6.51. The maximum absolute atomic E-state index is 12.6. The van der Waals surface area contributed by atoms with Gasteiger partial charge in [0, 0.05) is 18.8 Å². The second-order valence-electron chi connectivity index (χ2n) is 6.51. The summed E-state index contributed by atoms with van der Waals surface area (Å²) >= 11 is 0. The van der Waals surface area contributed by atoms with Gasteiger partial charge in [-0.15, -0.1) is 0 Å². The summed E-state index contributed by atoms with van der Waals surface area (Å²) in [6.07, 6.45) is 3.30. The molecule has 0 spiro atoms. The number of hydrogen-bond acceptors (Lipinski definition) is 3. The minimum absolute atomic E-state index is 0.0427. The van der Waals surface area contributed by atoms with Crippen molar-refractivity contribution in [1.82, 2.24) is 20.0 Å². The molecule has 0 bridgehead atoms. The largest absolute Gasteiger partial charge is 0.349 e. The zero-order chi connectivity index (χ0) is 19.2. The van der Waals surface area contributed by atoms with Crippen LogP contribution in [0.2, 0.25) is 0 Å². The third-order valence-corrected chi connectivity index (χ3v) is 4.50. The van der Waals surface area contributed by atoms with Crippen LogP contribution in [0.15, 0.2) is 54.7 Å². The predicted molar refractivity (Wildman–Crippen MR) is 105 cm³/mol. The van der Waals surface area contributed by atoms with E-state index in [1.165, 1.54) is 0 Å². The van der Waals surface area contributed by atoms with Crippen LogP contribution in [0, 0.1) is 0 Å². The van der Waals surface area contributed by atoms with Gasteiger partial charge in [0.15, 0.2) is 5.69 Å². The molecule has 140 valence electrons. The topological polar surface area (TPSA) is 75.5 Å². The van der Waals surface area contributed by atoms with Crippen molar-refractivity contribution in [2.45, 2.75) is 32.7 Å². The molecule has 2 N–H and O–H groups in total. The van der Waals surface area contributed by atoms with Crippen molar-refractivity contribution in [3.05, 3.63) is 71.8 Å². The van der Waals surface area contributed by atoms with Crippen LogP contribution in [0.5, 0.6) is 0 Å². The van der Waals surface area contributed by atoms with E-state index in [0.717, 1.165) is 18.4 Å². The smallest absolute Gasteiger partial charge is 0.287 e. The number of carbonyl (C=O) groups is 2. The molecule has 6 nitrogen and oxygen atoms in total. The van der Waals surface area contributed by atoms with Gasteiger partial charge in [-0.25, -0.2) is 4.98 Å². The number of imidazole rings is 1. The lowest BCUT2D eigenvalue weighted by Crippen LogP contribution is -2.32. The molecule has 0 saturated heterocycles. The highest BCUT2D eigenvalue weighted by Crippen LogP contribution is 2.14. The van der Waals surface area contributed by atoms with Crippen molar-refractivity contribution in [3.63, 3.8) is 0 Å². The van der Waals surface area contributed by atoms with E-state index in [0.29, 0.717) is 12.1 Å². The number of nitrogens with zero attached hydrogens (tertiary/aromatic N) is 2. The first-order valence-electron chi connectivity index (χ1n) is 9.20. The Labute approximate surface area is 158 Å². The zero-order valence-electron chi connectivity index (χ0n) is 15.6. The molecular formula is C21H24N4O2. The molecule has 2 aromatic heterocycles. The lowest BCUT2D eigenvalue weighted by atomic mass is 10.1. The van der Waals surface area contributed by atoms with Gasteiger partial charge in [0.1, 0.15) is 0 Å². The lowest BCUT2D eigenvalue weighted by Gasteiger charge is -2.09. The Morgan fingerprint density at radius 3 is 2.56 bits per heavy atom. The number of amides is 2. The van der Waals surface area contributed by atoms with Gasteiger partial charge in [-0.2, -0.15) is 0 Å². The van der Waals surface area contributed by atoms with Gasteiger partial charge < -0.3 is 10.6 Å². The highest BCUT2D eigenvalue weighted by molar-refractivity contribution is 6.02.